The second-order valence-electron chi connectivity index (χ2n) is 6.02. The highest BCUT2D eigenvalue weighted by atomic mass is 16.5. The number of rotatable bonds is 2. The molecule has 3 aliphatic rings. The van der Waals surface area contributed by atoms with E-state index in [-0.39, 0.29) is 5.54 Å². The fourth-order valence-electron chi connectivity index (χ4n) is 3.95. The standard InChI is InChI=1S/C13H25N3O/c1-11-7-15-5-2-3-12(15)8-16(11)13(9-14)4-6-17-10-13/h11-12H,2-10,14H2,1H3. The van der Waals surface area contributed by atoms with Gasteiger partial charge in [0.15, 0.2) is 0 Å². The lowest BCUT2D eigenvalue weighted by atomic mass is 9.91. The quantitative estimate of drug-likeness (QED) is 0.751. The lowest BCUT2D eigenvalue weighted by Gasteiger charge is -2.50. The summed E-state index contributed by atoms with van der Waals surface area (Å²) in [5.74, 6) is 0. The van der Waals surface area contributed by atoms with Gasteiger partial charge >= 0.3 is 0 Å². The monoisotopic (exact) mass is 239 g/mol. The summed E-state index contributed by atoms with van der Waals surface area (Å²) in [6.45, 7) is 8.52. The first-order valence-electron chi connectivity index (χ1n) is 7.04. The van der Waals surface area contributed by atoms with E-state index in [1.54, 1.807) is 0 Å². The van der Waals surface area contributed by atoms with Crippen LogP contribution in [-0.2, 0) is 4.74 Å². The van der Waals surface area contributed by atoms with Crippen molar-refractivity contribution in [3.63, 3.8) is 0 Å². The highest BCUT2D eigenvalue weighted by molar-refractivity contribution is 5.02. The lowest BCUT2D eigenvalue weighted by molar-refractivity contribution is -0.0243. The highest BCUT2D eigenvalue weighted by Crippen LogP contribution is 2.33. The molecule has 0 saturated carbocycles. The van der Waals surface area contributed by atoms with Crippen LogP contribution in [-0.4, -0.2) is 66.8 Å². The number of nitrogens with two attached hydrogens (primary N) is 1. The molecule has 3 saturated heterocycles. The van der Waals surface area contributed by atoms with Gasteiger partial charge in [-0.1, -0.05) is 0 Å². The molecule has 4 nitrogen and oxygen atoms in total. The summed E-state index contributed by atoms with van der Waals surface area (Å²) in [7, 11) is 0. The molecule has 0 amide bonds. The fourth-order valence-corrected chi connectivity index (χ4v) is 3.95. The Hall–Kier alpha value is -0.160. The zero-order valence-electron chi connectivity index (χ0n) is 10.9. The largest absolute Gasteiger partial charge is 0.379 e. The third-order valence-corrected chi connectivity index (χ3v) is 5.01. The van der Waals surface area contributed by atoms with Crippen LogP contribution in [0.2, 0.25) is 0 Å². The zero-order valence-corrected chi connectivity index (χ0v) is 10.9. The summed E-state index contributed by atoms with van der Waals surface area (Å²) in [4.78, 5) is 5.33. The lowest BCUT2D eigenvalue weighted by Crippen LogP contribution is -2.65. The Bertz CT molecular complexity index is 278. The predicted octanol–water partition coefficient (Wildman–Crippen LogP) is 0.273. The van der Waals surface area contributed by atoms with E-state index in [2.05, 4.69) is 16.7 Å². The van der Waals surface area contributed by atoms with Crippen LogP contribution in [0, 0.1) is 0 Å². The van der Waals surface area contributed by atoms with E-state index in [9.17, 15) is 0 Å². The van der Waals surface area contributed by atoms with E-state index in [4.69, 9.17) is 10.5 Å². The minimum atomic E-state index is 0.133. The van der Waals surface area contributed by atoms with Gasteiger partial charge in [-0.25, -0.2) is 0 Å². The molecule has 0 aromatic rings. The van der Waals surface area contributed by atoms with Crippen molar-refractivity contribution in [1.29, 1.82) is 0 Å². The SMILES string of the molecule is CC1CN2CCCC2CN1C1(CN)CCOC1. The molecule has 0 radical (unpaired) electrons. The van der Waals surface area contributed by atoms with Gasteiger partial charge in [-0.15, -0.1) is 0 Å². The molecule has 3 unspecified atom stereocenters. The number of nitrogens with zero attached hydrogens (tertiary/aromatic N) is 2. The van der Waals surface area contributed by atoms with Crippen LogP contribution in [0.1, 0.15) is 26.2 Å². The summed E-state index contributed by atoms with van der Waals surface area (Å²) in [6.07, 6.45) is 3.85. The molecule has 2 N–H and O–H groups in total. The summed E-state index contributed by atoms with van der Waals surface area (Å²) >= 11 is 0. The second-order valence-corrected chi connectivity index (χ2v) is 6.02. The Morgan fingerprint density at radius 3 is 3.00 bits per heavy atom. The van der Waals surface area contributed by atoms with Gasteiger partial charge in [-0.3, -0.25) is 9.80 Å². The molecule has 0 aromatic heterocycles. The molecular formula is C13H25N3O. The smallest absolute Gasteiger partial charge is 0.0663 e. The number of piperazine rings is 1. The third-order valence-electron chi connectivity index (χ3n) is 5.01. The maximum absolute atomic E-state index is 6.06. The van der Waals surface area contributed by atoms with Crippen LogP contribution < -0.4 is 5.73 Å². The predicted molar refractivity (Wildman–Crippen MR) is 68.0 cm³/mol. The molecule has 3 fully saturated rings. The minimum Gasteiger partial charge on any atom is -0.379 e. The average Bonchev–Trinajstić information content (AvgIpc) is 2.95. The van der Waals surface area contributed by atoms with Crippen molar-refractivity contribution in [2.24, 2.45) is 5.73 Å². The summed E-state index contributed by atoms with van der Waals surface area (Å²) in [5, 5.41) is 0. The van der Waals surface area contributed by atoms with Crippen LogP contribution >= 0.6 is 0 Å². The molecule has 3 heterocycles. The van der Waals surface area contributed by atoms with E-state index in [0.717, 1.165) is 32.2 Å². The van der Waals surface area contributed by atoms with Gasteiger partial charge in [0, 0.05) is 38.3 Å². The molecule has 3 atom stereocenters. The molecule has 17 heavy (non-hydrogen) atoms. The average molecular weight is 239 g/mol. The highest BCUT2D eigenvalue weighted by Gasteiger charge is 2.46. The van der Waals surface area contributed by atoms with Crippen LogP contribution in [0.25, 0.3) is 0 Å². The Balaban J connectivity index is 1.77. The van der Waals surface area contributed by atoms with Crippen LogP contribution in [0.15, 0.2) is 0 Å². The maximum atomic E-state index is 6.06. The molecule has 0 spiro atoms. The molecule has 3 aliphatic heterocycles. The van der Waals surface area contributed by atoms with Crippen LogP contribution in [0.4, 0.5) is 0 Å². The van der Waals surface area contributed by atoms with Gasteiger partial charge in [0.25, 0.3) is 0 Å². The number of hydrogen-bond acceptors (Lipinski definition) is 4. The third kappa shape index (κ3) is 1.91. The summed E-state index contributed by atoms with van der Waals surface area (Å²) in [5.41, 5.74) is 6.20. The van der Waals surface area contributed by atoms with Crippen LogP contribution in [0.3, 0.4) is 0 Å². The van der Waals surface area contributed by atoms with Crippen molar-refractivity contribution in [2.45, 2.75) is 43.8 Å². The first kappa shape index (κ1) is 11.9. The Morgan fingerprint density at radius 2 is 2.29 bits per heavy atom. The fraction of sp³-hybridized carbons (Fsp3) is 1.00. The zero-order chi connectivity index (χ0) is 11.9. The van der Waals surface area contributed by atoms with E-state index in [1.807, 2.05) is 0 Å². The first-order valence-corrected chi connectivity index (χ1v) is 7.04. The van der Waals surface area contributed by atoms with Gasteiger partial charge in [0.1, 0.15) is 0 Å². The van der Waals surface area contributed by atoms with Crippen molar-refractivity contribution in [1.82, 2.24) is 9.80 Å². The number of ether oxygens (including phenoxy) is 1. The molecule has 0 aliphatic carbocycles. The summed E-state index contributed by atoms with van der Waals surface area (Å²) < 4.78 is 5.63. The summed E-state index contributed by atoms with van der Waals surface area (Å²) in [6, 6.07) is 1.39. The van der Waals surface area contributed by atoms with Gasteiger partial charge < -0.3 is 10.5 Å². The van der Waals surface area contributed by atoms with Gasteiger partial charge in [-0.2, -0.15) is 0 Å². The van der Waals surface area contributed by atoms with E-state index < -0.39 is 0 Å². The van der Waals surface area contributed by atoms with Gasteiger partial charge in [-0.05, 0) is 32.7 Å². The Kier molecular flexibility index (Phi) is 3.15. The first-order chi connectivity index (χ1) is 8.25. The normalized spacial score (nSPS) is 44.1. The molecule has 0 bridgehead atoms. The topological polar surface area (TPSA) is 41.7 Å². The van der Waals surface area contributed by atoms with E-state index in [0.29, 0.717) is 6.04 Å². The van der Waals surface area contributed by atoms with Crippen molar-refractivity contribution in [3.8, 4) is 0 Å². The maximum Gasteiger partial charge on any atom is 0.0663 e. The Labute approximate surface area is 104 Å². The molecular weight excluding hydrogens is 214 g/mol. The van der Waals surface area contributed by atoms with Crippen molar-refractivity contribution >= 4 is 0 Å². The van der Waals surface area contributed by atoms with E-state index in [1.165, 1.54) is 32.5 Å². The number of hydrogen-bond donors (Lipinski definition) is 1. The molecule has 3 rings (SSSR count). The van der Waals surface area contributed by atoms with Crippen molar-refractivity contribution in [2.75, 3.05) is 39.4 Å². The number of fused-ring (bicyclic) bond motifs is 1. The van der Waals surface area contributed by atoms with Crippen molar-refractivity contribution < 1.29 is 4.74 Å². The minimum absolute atomic E-state index is 0.133. The van der Waals surface area contributed by atoms with Crippen LogP contribution in [0.5, 0.6) is 0 Å². The molecule has 98 valence electrons. The van der Waals surface area contributed by atoms with Gasteiger partial charge in [0.2, 0.25) is 0 Å². The molecule has 0 aromatic carbocycles. The van der Waals surface area contributed by atoms with Crippen molar-refractivity contribution in [3.05, 3.63) is 0 Å². The molecule has 4 heteroatoms. The second kappa shape index (κ2) is 4.50. The van der Waals surface area contributed by atoms with E-state index >= 15 is 0 Å². The van der Waals surface area contributed by atoms with Gasteiger partial charge in [0.05, 0.1) is 12.1 Å². The Morgan fingerprint density at radius 1 is 1.41 bits per heavy atom.